The first-order valence-electron chi connectivity index (χ1n) is 5.52. The standard InChI is InChI=1S/C12H24O2/c1-11(2)8-9(11)10(13)6-7-12(3,4)14-5/h9-10,13H,6-8H2,1-5H3. The van der Waals surface area contributed by atoms with Crippen molar-refractivity contribution in [2.75, 3.05) is 7.11 Å². The summed E-state index contributed by atoms with van der Waals surface area (Å²) in [7, 11) is 1.73. The fourth-order valence-corrected chi connectivity index (χ4v) is 1.96. The van der Waals surface area contributed by atoms with Gasteiger partial charge in [0.1, 0.15) is 0 Å². The van der Waals surface area contributed by atoms with Gasteiger partial charge in [0.25, 0.3) is 0 Å². The van der Waals surface area contributed by atoms with Crippen molar-refractivity contribution in [3.63, 3.8) is 0 Å². The van der Waals surface area contributed by atoms with E-state index in [9.17, 15) is 5.11 Å². The molecule has 2 nitrogen and oxygen atoms in total. The molecule has 1 N–H and O–H groups in total. The lowest BCUT2D eigenvalue weighted by Crippen LogP contribution is -2.25. The maximum Gasteiger partial charge on any atom is 0.0623 e. The van der Waals surface area contributed by atoms with Crippen molar-refractivity contribution in [3.05, 3.63) is 0 Å². The van der Waals surface area contributed by atoms with E-state index in [0.29, 0.717) is 11.3 Å². The minimum atomic E-state index is -0.139. The fourth-order valence-electron chi connectivity index (χ4n) is 1.96. The second kappa shape index (κ2) is 3.82. The molecule has 2 atom stereocenters. The van der Waals surface area contributed by atoms with E-state index >= 15 is 0 Å². The molecular weight excluding hydrogens is 176 g/mol. The van der Waals surface area contributed by atoms with Crippen LogP contribution in [0, 0.1) is 11.3 Å². The Morgan fingerprint density at radius 1 is 1.50 bits per heavy atom. The molecular formula is C12H24O2. The Kier molecular flexibility index (Phi) is 3.27. The maximum atomic E-state index is 9.93. The van der Waals surface area contributed by atoms with Crippen molar-refractivity contribution in [2.45, 2.75) is 58.7 Å². The summed E-state index contributed by atoms with van der Waals surface area (Å²) in [6, 6.07) is 0. The lowest BCUT2D eigenvalue weighted by Gasteiger charge is -2.24. The number of aliphatic hydroxyl groups is 1. The number of methoxy groups -OCH3 is 1. The normalized spacial score (nSPS) is 27.4. The van der Waals surface area contributed by atoms with Gasteiger partial charge in [-0.2, -0.15) is 0 Å². The highest BCUT2D eigenvalue weighted by atomic mass is 16.5. The van der Waals surface area contributed by atoms with Crippen LogP contribution in [0.5, 0.6) is 0 Å². The molecule has 0 radical (unpaired) electrons. The molecule has 1 aliphatic rings. The minimum Gasteiger partial charge on any atom is -0.393 e. The van der Waals surface area contributed by atoms with Crippen LogP contribution in [0.2, 0.25) is 0 Å². The Bertz CT molecular complexity index is 196. The summed E-state index contributed by atoms with van der Waals surface area (Å²) >= 11 is 0. The average molecular weight is 200 g/mol. The number of ether oxygens (including phenoxy) is 1. The molecule has 14 heavy (non-hydrogen) atoms. The first-order valence-corrected chi connectivity index (χ1v) is 5.52. The van der Waals surface area contributed by atoms with Crippen LogP contribution in [0.3, 0.4) is 0 Å². The van der Waals surface area contributed by atoms with Gasteiger partial charge in [-0.1, -0.05) is 13.8 Å². The van der Waals surface area contributed by atoms with Crippen LogP contribution in [0.25, 0.3) is 0 Å². The molecule has 0 bridgehead atoms. The zero-order chi connectivity index (χ0) is 11.0. The molecule has 1 aliphatic carbocycles. The molecule has 1 saturated carbocycles. The molecule has 84 valence electrons. The Balaban J connectivity index is 2.26. The zero-order valence-corrected chi connectivity index (χ0v) is 10.1. The van der Waals surface area contributed by atoms with Crippen molar-refractivity contribution in [2.24, 2.45) is 11.3 Å². The number of rotatable bonds is 5. The van der Waals surface area contributed by atoms with Crippen molar-refractivity contribution in [1.29, 1.82) is 0 Å². The number of aliphatic hydroxyl groups excluding tert-OH is 1. The molecule has 0 heterocycles. The van der Waals surface area contributed by atoms with Crippen molar-refractivity contribution in [1.82, 2.24) is 0 Å². The topological polar surface area (TPSA) is 29.5 Å². The van der Waals surface area contributed by atoms with E-state index in [1.165, 1.54) is 6.42 Å². The second-order valence-electron chi connectivity index (χ2n) is 5.87. The van der Waals surface area contributed by atoms with E-state index in [-0.39, 0.29) is 11.7 Å². The van der Waals surface area contributed by atoms with Crippen LogP contribution in [-0.4, -0.2) is 23.9 Å². The third kappa shape index (κ3) is 2.96. The number of hydrogen-bond donors (Lipinski definition) is 1. The van der Waals surface area contributed by atoms with Crippen LogP contribution in [0.15, 0.2) is 0 Å². The molecule has 2 heteroatoms. The smallest absolute Gasteiger partial charge is 0.0623 e. The predicted molar refractivity (Wildman–Crippen MR) is 58.2 cm³/mol. The fraction of sp³-hybridized carbons (Fsp3) is 1.00. The van der Waals surface area contributed by atoms with Gasteiger partial charge in [-0.05, 0) is 44.4 Å². The van der Waals surface area contributed by atoms with Gasteiger partial charge in [-0.3, -0.25) is 0 Å². The van der Waals surface area contributed by atoms with E-state index in [4.69, 9.17) is 4.74 Å². The molecule has 0 amide bonds. The molecule has 0 spiro atoms. The van der Waals surface area contributed by atoms with E-state index in [1.807, 2.05) is 0 Å². The van der Waals surface area contributed by atoms with Gasteiger partial charge in [0.2, 0.25) is 0 Å². The molecule has 0 aromatic rings. The number of hydrogen-bond acceptors (Lipinski definition) is 2. The van der Waals surface area contributed by atoms with Crippen molar-refractivity contribution < 1.29 is 9.84 Å². The van der Waals surface area contributed by atoms with Gasteiger partial charge in [-0.25, -0.2) is 0 Å². The predicted octanol–water partition coefficient (Wildman–Crippen LogP) is 2.60. The second-order valence-corrected chi connectivity index (χ2v) is 5.87. The quantitative estimate of drug-likeness (QED) is 0.739. The molecule has 1 rings (SSSR count). The van der Waals surface area contributed by atoms with Crippen molar-refractivity contribution in [3.8, 4) is 0 Å². The Labute approximate surface area is 87.7 Å². The van der Waals surface area contributed by atoms with Gasteiger partial charge in [0.15, 0.2) is 0 Å². The maximum absolute atomic E-state index is 9.93. The molecule has 1 fully saturated rings. The summed E-state index contributed by atoms with van der Waals surface area (Å²) in [6.07, 6.45) is 2.81. The molecule has 0 saturated heterocycles. The van der Waals surface area contributed by atoms with Gasteiger partial charge < -0.3 is 9.84 Å². The monoisotopic (exact) mass is 200 g/mol. The van der Waals surface area contributed by atoms with E-state index in [0.717, 1.165) is 12.8 Å². The van der Waals surface area contributed by atoms with Gasteiger partial charge in [-0.15, -0.1) is 0 Å². The van der Waals surface area contributed by atoms with E-state index < -0.39 is 0 Å². The van der Waals surface area contributed by atoms with Crippen LogP contribution in [0.4, 0.5) is 0 Å². The molecule has 0 aliphatic heterocycles. The molecule has 2 unspecified atom stereocenters. The van der Waals surface area contributed by atoms with E-state index in [1.54, 1.807) is 7.11 Å². The third-order valence-corrected chi connectivity index (χ3v) is 3.65. The third-order valence-electron chi connectivity index (χ3n) is 3.65. The molecule has 0 aromatic heterocycles. The van der Waals surface area contributed by atoms with Crippen LogP contribution in [-0.2, 0) is 4.74 Å². The first kappa shape index (κ1) is 12.0. The van der Waals surface area contributed by atoms with E-state index in [2.05, 4.69) is 27.7 Å². The molecule has 0 aromatic carbocycles. The minimum absolute atomic E-state index is 0.0972. The summed E-state index contributed by atoms with van der Waals surface area (Å²) in [6.45, 7) is 8.58. The summed E-state index contributed by atoms with van der Waals surface area (Å²) in [5.41, 5.74) is 0.274. The summed E-state index contributed by atoms with van der Waals surface area (Å²) in [5.74, 6) is 0.509. The highest BCUT2D eigenvalue weighted by molar-refractivity contribution is 4.99. The largest absolute Gasteiger partial charge is 0.393 e. The lowest BCUT2D eigenvalue weighted by atomic mass is 9.96. The van der Waals surface area contributed by atoms with Gasteiger partial charge in [0.05, 0.1) is 11.7 Å². The van der Waals surface area contributed by atoms with Crippen LogP contribution < -0.4 is 0 Å². The zero-order valence-electron chi connectivity index (χ0n) is 10.1. The highest BCUT2D eigenvalue weighted by Crippen LogP contribution is 2.54. The van der Waals surface area contributed by atoms with Gasteiger partial charge >= 0.3 is 0 Å². The summed E-state index contributed by atoms with van der Waals surface area (Å²) in [4.78, 5) is 0. The first-order chi connectivity index (χ1) is 6.28. The Morgan fingerprint density at radius 3 is 2.36 bits per heavy atom. The Hall–Kier alpha value is -0.0800. The van der Waals surface area contributed by atoms with Crippen LogP contribution >= 0.6 is 0 Å². The SMILES string of the molecule is COC(C)(C)CCC(O)C1CC1(C)C. The van der Waals surface area contributed by atoms with Gasteiger partial charge in [0, 0.05) is 7.11 Å². The summed E-state index contributed by atoms with van der Waals surface area (Å²) in [5, 5.41) is 9.93. The lowest BCUT2D eigenvalue weighted by molar-refractivity contribution is -0.000433. The average Bonchev–Trinajstić information content (AvgIpc) is 2.71. The van der Waals surface area contributed by atoms with Crippen LogP contribution in [0.1, 0.15) is 47.0 Å². The van der Waals surface area contributed by atoms with Crippen molar-refractivity contribution >= 4 is 0 Å². The highest BCUT2D eigenvalue weighted by Gasteiger charge is 2.49. The Morgan fingerprint density at radius 2 is 2.00 bits per heavy atom. The summed E-state index contributed by atoms with van der Waals surface area (Å²) < 4.78 is 5.33.